The molecule has 0 aliphatic carbocycles. The first-order chi connectivity index (χ1) is 15.6. The average molecular weight is 509 g/mol. The second-order valence-corrected chi connectivity index (χ2v) is 9.17. The SMILES string of the molecule is Cc1ccc(C)c(CN2C(=O)[C@](O)(CC(=O)c3cccc([N+](=O)[O-])c3)c3cc(Br)ccc32)c1. The minimum Gasteiger partial charge on any atom is -0.375 e. The minimum atomic E-state index is -2.08. The number of nitrogens with zero attached hydrogens (tertiary/aromatic N) is 2. The van der Waals surface area contributed by atoms with E-state index >= 15 is 0 Å². The molecule has 8 heteroatoms. The van der Waals surface area contributed by atoms with Crippen LogP contribution in [0.3, 0.4) is 0 Å². The van der Waals surface area contributed by atoms with Crippen molar-refractivity contribution >= 4 is 39.0 Å². The summed E-state index contributed by atoms with van der Waals surface area (Å²) < 4.78 is 0.656. The van der Waals surface area contributed by atoms with Gasteiger partial charge in [0, 0.05) is 27.7 Å². The average Bonchev–Trinajstić information content (AvgIpc) is 2.97. The second-order valence-electron chi connectivity index (χ2n) is 8.25. The first-order valence-electron chi connectivity index (χ1n) is 10.3. The van der Waals surface area contributed by atoms with Crippen LogP contribution in [0, 0.1) is 24.0 Å². The van der Waals surface area contributed by atoms with E-state index in [2.05, 4.69) is 15.9 Å². The summed E-state index contributed by atoms with van der Waals surface area (Å²) in [7, 11) is 0. The van der Waals surface area contributed by atoms with Crippen molar-refractivity contribution in [3.05, 3.63) is 103 Å². The smallest absolute Gasteiger partial charge is 0.270 e. The molecule has 1 atom stereocenters. The van der Waals surface area contributed by atoms with Crippen LogP contribution in [0.1, 0.15) is 39.0 Å². The number of halogens is 1. The molecule has 3 aromatic carbocycles. The molecule has 7 nitrogen and oxygen atoms in total. The Morgan fingerprint density at radius 2 is 1.88 bits per heavy atom. The third-order valence-electron chi connectivity index (χ3n) is 5.92. The Hall–Kier alpha value is -3.36. The maximum atomic E-state index is 13.5. The van der Waals surface area contributed by atoms with Crippen LogP contribution < -0.4 is 4.90 Å². The monoisotopic (exact) mass is 508 g/mol. The fraction of sp³-hybridized carbons (Fsp3) is 0.200. The zero-order chi connectivity index (χ0) is 23.9. The zero-order valence-electron chi connectivity index (χ0n) is 18.0. The molecular weight excluding hydrogens is 488 g/mol. The van der Waals surface area contributed by atoms with E-state index < -0.39 is 28.6 Å². The molecule has 1 aliphatic heterocycles. The van der Waals surface area contributed by atoms with Gasteiger partial charge in [-0.1, -0.05) is 51.8 Å². The first kappa shape index (κ1) is 22.8. The van der Waals surface area contributed by atoms with Crippen LogP contribution in [0.5, 0.6) is 0 Å². The van der Waals surface area contributed by atoms with E-state index in [0.29, 0.717) is 15.7 Å². The number of benzene rings is 3. The van der Waals surface area contributed by atoms with Gasteiger partial charge >= 0.3 is 0 Å². The van der Waals surface area contributed by atoms with Gasteiger partial charge < -0.3 is 10.0 Å². The summed E-state index contributed by atoms with van der Waals surface area (Å²) in [5.74, 6) is -1.16. The van der Waals surface area contributed by atoms with Gasteiger partial charge in [-0.15, -0.1) is 0 Å². The number of non-ortho nitro benzene ring substituents is 1. The van der Waals surface area contributed by atoms with Crippen molar-refractivity contribution in [3.8, 4) is 0 Å². The Kier molecular flexibility index (Phi) is 5.90. The number of anilines is 1. The molecule has 4 rings (SSSR count). The number of Topliss-reactive ketones (excluding diaryl/α,β-unsaturated/α-hetero) is 1. The number of rotatable bonds is 6. The molecule has 0 aromatic heterocycles. The van der Waals surface area contributed by atoms with E-state index in [0.717, 1.165) is 22.8 Å². The van der Waals surface area contributed by atoms with Gasteiger partial charge in [0.25, 0.3) is 11.6 Å². The molecule has 1 aliphatic rings. The summed E-state index contributed by atoms with van der Waals surface area (Å²) in [6, 6.07) is 16.4. The molecule has 1 N–H and O–H groups in total. The number of ketones is 1. The number of nitro benzene ring substituents is 1. The number of aliphatic hydroxyl groups is 1. The van der Waals surface area contributed by atoms with E-state index in [1.165, 1.54) is 23.1 Å². The van der Waals surface area contributed by atoms with Crippen molar-refractivity contribution < 1.29 is 19.6 Å². The van der Waals surface area contributed by atoms with Crippen LogP contribution in [-0.2, 0) is 16.9 Å². The first-order valence-corrected chi connectivity index (χ1v) is 11.1. The van der Waals surface area contributed by atoms with Crippen LogP contribution in [0.2, 0.25) is 0 Å². The topological polar surface area (TPSA) is 101 Å². The molecule has 1 heterocycles. The highest BCUT2D eigenvalue weighted by Crippen LogP contribution is 2.45. The second kappa shape index (κ2) is 8.53. The quantitative estimate of drug-likeness (QED) is 0.287. The Bertz CT molecular complexity index is 1310. The van der Waals surface area contributed by atoms with Crippen LogP contribution in [0.25, 0.3) is 0 Å². The maximum Gasteiger partial charge on any atom is 0.270 e. The van der Waals surface area contributed by atoms with Gasteiger partial charge in [-0.3, -0.25) is 19.7 Å². The van der Waals surface area contributed by atoms with Crippen molar-refractivity contribution in [3.63, 3.8) is 0 Å². The van der Waals surface area contributed by atoms with Crippen molar-refractivity contribution in [2.24, 2.45) is 0 Å². The molecule has 0 fully saturated rings. The van der Waals surface area contributed by atoms with Crippen molar-refractivity contribution in [1.82, 2.24) is 0 Å². The van der Waals surface area contributed by atoms with E-state index in [1.807, 2.05) is 32.0 Å². The van der Waals surface area contributed by atoms with Crippen LogP contribution >= 0.6 is 15.9 Å². The highest BCUT2D eigenvalue weighted by molar-refractivity contribution is 9.10. The molecule has 168 valence electrons. The van der Waals surface area contributed by atoms with Crippen molar-refractivity contribution in [1.29, 1.82) is 0 Å². The van der Waals surface area contributed by atoms with E-state index in [-0.39, 0.29) is 17.8 Å². The molecule has 0 unspecified atom stereocenters. The summed E-state index contributed by atoms with van der Waals surface area (Å²) in [5.41, 5.74) is 1.60. The number of hydrogen-bond acceptors (Lipinski definition) is 5. The summed E-state index contributed by atoms with van der Waals surface area (Å²) >= 11 is 3.38. The number of carbonyl (C=O) groups is 2. The Labute approximate surface area is 198 Å². The number of nitro groups is 1. The highest BCUT2D eigenvalue weighted by Gasteiger charge is 2.51. The molecular formula is C25H21BrN2O5. The Morgan fingerprint density at radius 1 is 1.12 bits per heavy atom. The predicted octanol–water partition coefficient (Wildman–Crippen LogP) is 4.98. The fourth-order valence-corrected chi connectivity index (χ4v) is 4.48. The fourth-order valence-electron chi connectivity index (χ4n) is 4.12. The number of fused-ring (bicyclic) bond motifs is 1. The minimum absolute atomic E-state index is 0.0648. The van der Waals surface area contributed by atoms with Gasteiger partial charge in [0.2, 0.25) is 0 Å². The molecule has 0 saturated carbocycles. The lowest BCUT2D eigenvalue weighted by atomic mass is 9.88. The van der Waals surface area contributed by atoms with Crippen LogP contribution in [-0.4, -0.2) is 21.7 Å². The summed E-state index contributed by atoms with van der Waals surface area (Å²) in [4.78, 5) is 38.5. The Morgan fingerprint density at radius 3 is 2.61 bits per heavy atom. The zero-order valence-corrected chi connectivity index (χ0v) is 19.6. The third kappa shape index (κ3) is 4.19. The van der Waals surface area contributed by atoms with Crippen molar-refractivity contribution in [2.75, 3.05) is 4.90 Å². The predicted molar refractivity (Wildman–Crippen MR) is 127 cm³/mol. The number of amides is 1. The molecule has 0 bridgehead atoms. The molecule has 3 aromatic rings. The maximum absolute atomic E-state index is 13.5. The van der Waals surface area contributed by atoms with Gasteiger partial charge in [-0.25, -0.2) is 0 Å². The van der Waals surface area contributed by atoms with Gasteiger partial charge in [-0.2, -0.15) is 0 Å². The van der Waals surface area contributed by atoms with E-state index in [4.69, 9.17) is 0 Å². The summed E-state index contributed by atoms with van der Waals surface area (Å²) in [6.45, 7) is 4.16. The molecule has 0 spiro atoms. The highest BCUT2D eigenvalue weighted by atomic mass is 79.9. The van der Waals surface area contributed by atoms with Gasteiger partial charge in [0.05, 0.1) is 23.6 Å². The van der Waals surface area contributed by atoms with Crippen LogP contribution in [0.4, 0.5) is 11.4 Å². The normalized spacial score (nSPS) is 17.2. The van der Waals surface area contributed by atoms with E-state index in [9.17, 15) is 24.8 Å². The van der Waals surface area contributed by atoms with E-state index in [1.54, 1.807) is 18.2 Å². The standard InChI is InChI=1S/C25H21BrN2O5/c1-15-6-7-16(2)18(10-15)14-27-22-9-8-19(26)12-21(22)25(31,24(27)30)13-23(29)17-4-3-5-20(11-17)28(32)33/h3-12,31H,13-14H2,1-2H3/t25-/m0/s1. The lowest BCUT2D eigenvalue weighted by Gasteiger charge is -2.23. The molecule has 1 amide bonds. The third-order valence-corrected chi connectivity index (χ3v) is 6.42. The van der Waals surface area contributed by atoms with Gasteiger partial charge in [-0.05, 0) is 43.2 Å². The Balaban J connectivity index is 1.72. The number of carbonyl (C=O) groups excluding carboxylic acids is 2. The molecule has 0 saturated heterocycles. The molecule has 0 radical (unpaired) electrons. The summed E-state index contributed by atoms with van der Waals surface area (Å²) in [5, 5.41) is 22.6. The van der Waals surface area contributed by atoms with Gasteiger partial charge in [0.15, 0.2) is 11.4 Å². The number of aryl methyl sites for hydroxylation is 2. The summed E-state index contributed by atoms with van der Waals surface area (Å²) in [6.07, 6.45) is -0.528. The lowest BCUT2D eigenvalue weighted by Crippen LogP contribution is -2.41. The number of hydrogen-bond donors (Lipinski definition) is 1. The molecule has 33 heavy (non-hydrogen) atoms. The lowest BCUT2D eigenvalue weighted by molar-refractivity contribution is -0.384. The van der Waals surface area contributed by atoms with Gasteiger partial charge in [0.1, 0.15) is 0 Å². The largest absolute Gasteiger partial charge is 0.375 e. The van der Waals surface area contributed by atoms with Crippen LogP contribution in [0.15, 0.2) is 65.1 Å². The van der Waals surface area contributed by atoms with Crippen molar-refractivity contribution in [2.45, 2.75) is 32.4 Å².